The van der Waals surface area contributed by atoms with Gasteiger partial charge >= 0.3 is 23.5 Å². The molecule has 0 aromatic heterocycles. The highest BCUT2D eigenvalue weighted by atomic mass is 16.6. The van der Waals surface area contributed by atoms with Crippen LogP contribution in [0.15, 0.2) is 36.4 Å². The highest BCUT2D eigenvalue weighted by molar-refractivity contribution is 6.16. The number of methoxy groups -OCH3 is 2. The van der Waals surface area contributed by atoms with Crippen LogP contribution in [0.4, 0.5) is 32.3 Å². The summed E-state index contributed by atoms with van der Waals surface area (Å²) in [7, 11) is 2.48. The molecule has 0 aliphatic carbocycles. The molecule has 0 aliphatic heterocycles. The van der Waals surface area contributed by atoms with Crippen LogP contribution in [-0.4, -0.2) is 41.8 Å². The van der Waals surface area contributed by atoms with Crippen LogP contribution in [0.1, 0.15) is 20.8 Å². The number of nitrogens with zero attached hydrogens (tertiary/aromatic N) is 3. The van der Waals surface area contributed by atoms with Crippen molar-refractivity contribution >= 4 is 34.9 Å². The van der Waals surface area contributed by atoms with Crippen molar-refractivity contribution in [3.05, 3.63) is 56.6 Å². The zero-order valence-electron chi connectivity index (χ0n) is 18.5. The Hall–Kier alpha value is -4.42. The highest BCUT2D eigenvalue weighted by Gasteiger charge is 2.31. The topological polar surface area (TPSA) is 163 Å². The molecule has 0 fully saturated rings. The van der Waals surface area contributed by atoms with Crippen LogP contribution in [-0.2, 0) is 4.74 Å². The monoisotopic (exact) mass is 462 g/mol. The number of carbonyl (C=O) groups is 2. The average molecular weight is 462 g/mol. The molecule has 0 heterocycles. The third kappa shape index (κ3) is 6.06. The van der Waals surface area contributed by atoms with Crippen LogP contribution in [0.25, 0.3) is 0 Å². The number of hydrogen-bond acceptors (Lipinski definition) is 9. The normalized spacial score (nSPS) is 10.7. The Morgan fingerprint density at radius 2 is 1.42 bits per heavy atom. The van der Waals surface area contributed by atoms with E-state index in [4.69, 9.17) is 14.2 Å². The first kappa shape index (κ1) is 24.8. The van der Waals surface area contributed by atoms with E-state index in [9.17, 15) is 29.8 Å². The molecule has 0 bridgehead atoms. The van der Waals surface area contributed by atoms with Gasteiger partial charge in [0.1, 0.15) is 5.60 Å². The minimum absolute atomic E-state index is 0.0240. The van der Waals surface area contributed by atoms with Crippen molar-refractivity contribution in [1.29, 1.82) is 0 Å². The summed E-state index contributed by atoms with van der Waals surface area (Å²) in [6, 6.07) is 6.02. The smallest absolute Gasteiger partial charge is 0.423 e. The lowest BCUT2D eigenvalue weighted by Gasteiger charge is -2.26. The molecule has 2 aromatic rings. The van der Waals surface area contributed by atoms with Crippen molar-refractivity contribution in [2.24, 2.45) is 0 Å². The number of anilines is 2. The van der Waals surface area contributed by atoms with Crippen LogP contribution in [0.3, 0.4) is 0 Å². The van der Waals surface area contributed by atoms with Crippen LogP contribution < -0.4 is 19.7 Å². The first-order valence-electron chi connectivity index (χ1n) is 9.37. The summed E-state index contributed by atoms with van der Waals surface area (Å²) < 4.78 is 15.1. The minimum Gasteiger partial charge on any atom is -0.490 e. The van der Waals surface area contributed by atoms with Gasteiger partial charge < -0.3 is 19.5 Å². The van der Waals surface area contributed by atoms with E-state index in [1.807, 2.05) is 0 Å². The van der Waals surface area contributed by atoms with Gasteiger partial charge in [-0.3, -0.25) is 20.2 Å². The Balaban J connectivity index is 2.51. The number of nitrogens with one attached hydrogen (secondary N) is 1. The van der Waals surface area contributed by atoms with Gasteiger partial charge in [-0.25, -0.2) is 9.59 Å². The summed E-state index contributed by atoms with van der Waals surface area (Å²) in [6.07, 6.45) is -1.12. The fourth-order valence-electron chi connectivity index (χ4n) is 2.66. The molecule has 176 valence electrons. The maximum absolute atomic E-state index is 13.0. The highest BCUT2D eigenvalue weighted by Crippen LogP contribution is 2.33. The average Bonchev–Trinajstić information content (AvgIpc) is 2.72. The first-order valence-corrected chi connectivity index (χ1v) is 9.37. The SMILES string of the molecule is COc1ccc(NC(=O)N(C(=O)OC(C)(C)C)c2ccc(OC)c([N+](=O)[O-])c2)cc1[N+](=O)[O-]. The van der Waals surface area contributed by atoms with E-state index in [1.165, 1.54) is 38.5 Å². The number of benzene rings is 2. The predicted molar refractivity (Wildman–Crippen MR) is 117 cm³/mol. The molecule has 0 radical (unpaired) electrons. The van der Waals surface area contributed by atoms with Crippen molar-refractivity contribution in [1.82, 2.24) is 0 Å². The number of urea groups is 1. The maximum Gasteiger partial charge on any atom is 0.423 e. The van der Waals surface area contributed by atoms with Crippen LogP contribution >= 0.6 is 0 Å². The van der Waals surface area contributed by atoms with Crippen molar-refractivity contribution in [2.45, 2.75) is 26.4 Å². The molecule has 2 aromatic carbocycles. The summed E-state index contributed by atoms with van der Waals surface area (Å²) in [5.74, 6) is -0.119. The van der Waals surface area contributed by atoms with E-state index >= 15 is 0 Å². The van der Waals surface area contributed by atoms with E-state index in [-0.39, 0.29) is 22.9 Å². The van der Waals surface area contributed by atoms with Gasteiger partial charge in [0.25, 0.3) is 0 Å². The standard InChI is InChI=1S/C20H22N4O9/c1-20(2,3)33-19(26)22(13-7-9-17(32-5)15(11-13)24(29)30)18(25)21-12-6-8-16(31-4)14(10-12)23(27)28/h6-11H,1-5H3,(H,21,25). The lowest BCUT2D eigenvalue weighted by Crippen LogP contribution is -2.43. The molecular formula is C20H22N4O9. The van der Waals surface area contributed by atoms with Gasteiger partial charge in [0.15, 0.2) is 11.5 Å². The summed E-state index contributed by atoms with van der Waals surface area (Å²) in [5.41, 5.74) is -2.11. The van der Waals surface area contributed by atoms with Gasteiger partial charge in [-0.1, -0.05) is 0 Å². The molecule has 13 nitrogen and oxygen atoms in total. The zero-order valence-corrected chi connectivity index (χ0v) is 18.5. The Kier molecular flexibility index (Phi) is 7.38. The number of hydrogen-bond donors (Lipinski definition) is 1. The van der Waals surface area contributed by atoms with E-state index in [2.05, 4.69) is 5.32 Å². The summed E-state index contributed by atoms with van der Waals surface area (Å²) in [4.78, 5) is 47.6. The quantitative estimate of drug-likeness (QED) is 0.481. The van der Waals surface area contributed by atoms with E-state index in [0.29, 0.717) is 4.90 Å². The van der Waals surface area contributed by atoms with Gasteiger partial charge in [-0.15, -0.1) is 0 Å². The van der Waals surface area contributed by atoms with Crippen molar-refractivity contribution in [2.75, 3.05) is 24.4 Å². The second kappa shape index (κ2) is 9.80. The molecule has 1 N–H and O–H groups in total. The molecule has 0 aliphatic rings. The third-order valence-corrected chi connectivity index (χ3v) is 4.02. The number of rotatable bonds is 6. The van der Waals surface area contributed by atoms with Gasteiger partial charge in [0, 0.05) is 17.8 Å². The zero-order chi connectivity index (χ0) is 24.9. The molecule has 2 rings (SSSR count). The number of nitro groups is 2. The van der Waals surface area contributed by atoms with Crippen LogP contribution in [0.5, 0.6) is 11.5 Å². The van der Waals surface area contributed by atoms with Crippen molar-refractivity contribution in [3.63, 3.8) is 0 Å². The molecule has 0 saturated heterocycles. The Bertz CT molecular complexity index is 1100. The predicted octanol–water partition coefficient (Wildman–Crippen LogP) is 4.49. The lowest BCUT2D eigenvalue weighted by molar-refractivity contribution is -0.385. The number of carbonyl (C=O) groups excluding carboxylic acids is 2. The van der Waals surface area contributed by atoms with E-state index in [1.54, 1.807) is 20.8 Å². The largest absolute Gasteiger partial charge is 0.490 e. The van der Waals surface area contributed by atoms with Crippen LogP contribution in [0, 0.1) is 20.2 Å². The second-order valence-electron chi connectivity index (χ2n) is 7.50. The Morgan fingerprint density at radius 1 is 0.909 bits per heavy atom. The fourth-order valence-corrected chi connectivity index (χ4v) is 2.66. The molecule has 13 heteroatoms. The van der Waals surface area contributed by atoms with Crippen LogP contribution in [0.2, 0.25) is 0 Å². The minimum atomic E-state index is -1.12. The molecule has 3 amide bonds. The third-order valence-electron chi connectivity index (χ3n) is 4.02. The molecule has 0 unspecified atom stereocenters. The number of nitro benzene ring substituents is 2. The van der Waals surface area contributed by atoms with Crippen molar-refractivity contribution < 1.29 is 33.6 Å². The lowest BCUT2D eigenvalue weighted by atomic mass is 10.2. The van der Waals surface area contributed by atoms with Gasteiger partial charge in [-0.2, -0.15) is 4.90 Å². The van der Waals surface area contributed by atoms with Gasteiger partial charge in [-0.05, 0) is 45.0 Å². The van der Waals surface area contributed by atoms with Gasteiger partial charge in [0.05, 0.1) is 29.8 Å². The number of amides is 3. The summed E-state index contributed by atoms with van der Waals surface area (Å²) >= 11 is 0. The maximum atomic E-state index is 13.0. The number of imide groups is 1. The molecular weight excluding hydrogens is 440 g/mol. The second-order valence-corrected chi connectivity index (χ2v) is 7.50. The molecule has 33 heavy (non-hydrogen) atoms. The first-order chi connectivity index (χ1) is 15.4. The van der Waals surface area contributed by atoms with Crippen molar-refractivity contribution in [3.8, 4) is 11.5 Å². The van der Waals surface area contributed by atoms with E-state index in [0.717, 1.165) is 12.1 Å². The number of ether oxygens (including phenoxy) is 3. The Labute approximate surface area is 188 Å². The molecule has 0 spiro atoms. The fraction of sp³-hybridized carbons (Fsp3) is 0.300. The molecule has 0 saturated carbocycles. The van der Waals surface area contributed by atoms with E-state index < -0.39 is 38.9 Å². The molecule has 0 atom stereocenters. The summed E-state index contributed by atoms with van der Waals surface area (Å²) in [6.45, 7) is 4.72. The van der Waals surface area contributed by atoms with Gasteiger partial charge in [0.2, 0.25) is 0 Å². The Morgan fingerprint density at radius 3 is 1.91 bits per heavy atom. The summed E-state index contributed by atoms with van der Waals surface area (Å²) in [5, 5.41) is 25.0.